The van der Waals surface area contributed by atoms with Gasteiger partial charge in [0.1, 0.15) is 21.3 Å². The van der Waals surface area contributed by atoms with E-state index >= 15 is 0 Å². The van der Waals surface area contributed by atoms with Crippen LogP contribution in [0.3, 0.4) is 0 Å². The molecule has 0 saturated carbocycles. The van der Waals surface area contributed by atoms with Crippen molar-refractivity contribution in [3.8, 4) is 11.5 Å². The fourth-order valence-corrected chi connectivity index (χ4v) is 11.7. The zero-order chi connectivity index (χ0) is 47.5. The fourth-order valence-electron chi connectivity index (χ4n) is 8.56. The van der Waals surface area contributed by atoms with E-state index in [0.717, 1.165) is 33.4 Å². The zero-order valence-electron chi connectivity index (χ0n) is 40.4. The first-order valence-corrected chi connectivity index (χ1v) is 26.0. The third kappa shape index (κ3) is 11.4. The predicted molar refractivity (Wildman–Crippen MR) is 253 cm³/mol. The molecule has 4 aromatic rings. The number of hydrogen-bond acceptors (Lipinski definition) is 11. The predicted octanol–water partition coefficient (Wildman–Crippen LogP) is 12.2. The standard InChI is InChI=1S/C52H70O11S2/c1-33(2)39-29-45(35(5)6)49(46(30-39)36(7)8)64(53,54)61-23-21-51(57-25-26-58-51)41-13-17-43(18-14-41)63-44-19-15-42(16-20-44)52(59-27-28-60-52)22-24-62-65(55,56)50-47(37(9)10)31-40(34(3)4)32-48(50)38(11)12/h13-20,29-38H,21-28H2,1-12H3. The molecule has 0 N–H and O–H groups in total. The molecule has 11 nitrogen and oxygen atoms in total. The topological polar surface area (TPSA) is 133 Å². The lowest BCUT2D eigenvalue weighted by atomic mass is 9.89. The van der Waals surface area contributed by atoms with E-state index < -0.39 is 31.8 Å². The highest BCUT2D eigenvalue weighted by atomic mass is 32.2. The third-order valence-corrected chi connectivity index (χ3v) is 15.2. The van der Waals surface area contributed by atoms with Crippen molar-refractivity contribution in [1.29, 1.82) is 0 Å². The van der Waals surface area contributed by atoms with Gasteiger partial charge in [-0.3, -0.25) is 8.37 Å². The highest BCUT2D eigenvalue weighted by molar-refractivity contribution is 7.87. The van der Waals surface area contributed by atoms with Gasteiger partial charge >= 0.3 is 0 Å². The smallest absolute Gasteiger partial charge is 0.297 e. The minimum absolute atomic E-state index is 0.0210. The normalized spacial score (nSPS) is 16.6. The van der Waals surface area contributed by atoms with E-state index in [9.17, 15) is 16.8 Å². The molecule has 65 heavy (non-hydrogen) atoms. The molecule has 2 fully saturated rings. The molecule has 2 heterocycles. The van der Waals surface area contributed by atoms with Gasteiger partial charge in [-0.05, 0) is 117 Å². The first kappa shape index (κ1) is 50.7. The summed E-state index contributed by atoms with van der Waals surface area (Å²) in [6, 6.07) is 22.6. The highest BCUT2D eigenvalue weighted by Gasteiger charge is 2.41. The van der Waals surface area contributed by atoms with Crippen molar-refractivity contribution in [2.45, 2.75) is 153 Å². The van der Waals surface area contributed by atoms with Crippen LogP contribution in [-0.4, -0.2) is 56.5 Å². The van der Waals surface area contributed by atoms with Gasteiger partial charge in [0, 0.05) is 24.0 Å². The molecule has 0 atom stereocenters. The summed E-state index contributed by atoms with van der Waals surface area (Å²) in [5.41, 5.74) is 6.66. The second-order valence-corrected chi connectivity index (χ2v) is 22.2. The van der Waals surface area contributed by atoms with Crippen LogP contribution in [0.1, 0.15) is 176 Å². The molecule has 0 aromatic heterocycles. The monoisotopic (exact) mass is 934 g/mol. The molecule has 6 rings (SSSR count). The molecule has 0 unspecified atom stereocenters. The third-order valence-electron chi connectivity index (χ3n) is 12.3. The summed E-state index contributed by atoms with van der Waals surface area (Å²) in [5, 5.41) is 0. The lowest BCUT2D eigenvalue weighted by Crippen LogP contribution is -2.29. The largest absolute Gasteiger partial charge is 0.457 e. The van der Waals surface area contributed by atoms with E-state index in [0.29, 0.717) is 49.1 Å². The Morgan fingerprint density at radius 2 is 0.723 bits per heavy atom. The summed E-state index contributed by atoms with van der Waals surface area (Å²) < 4.78 is 98.2. The van der Waals surface area contributed by atoms with Crippen molar-refractivity contribution in [3.63, 3.8) is 0 Å². The quantitative estimate of drug-likeness (QED) is 0.0784. The Morgan fingerprint density at radius 1 is 0.446 bits per heavy atom. The van der Waals surface area contributed by atoms with Gasteiger partial charge in [0.25, 0.3) is 20.2 Å². The first-order chi connectivity index (χ1) is 30.6. The van der Waals surface area contributed by atoms with Gasteiger partial charge in [0.2, 0.25) is 0 Å². The van der Waals surface area contributed by atoms with E-state index in [1.165, 1.54) is 0 Å². The molecule has 356 valence electrons. The summed E-state index contributed by atoms with van der Waals surface area (Å²) >= 11 is 0. The second kappa shape index (κ2) is 20.7. The molecule has 2 aliphatic heterocycles. The zero-order valence-corrected chi connectivity index (χ0v) is 42.0. The summed E-state index contributed by atoms with van der Waals surface area (Å²) in [5.74, 6) is -0.844. The summed E-state index contributed by atoms with van der Waals surface area (Å²) in [7, 11) is -8.24. The molecule has 2 aliphatic rings. The van der Waals surface area contributed by atoms with Crippen LogP contribution in [0.4, 0.5) is 0 Å². The minimum atomic E-state index is -4.12. The summed E-state index contributed by atoms with van der Waals surface area (Å²) in [4.78, 5) is 0.511. The van der Waals surface area contributed by atoms with Crippen molar-refractivity contribution in [3.05, 3.63) is 117 Å². The molecule has 0 bridgehead atoms. The molecule has 4 aromatic carbocycles. The van der Waals surface area contributed by atoms with E-state index in [1.54, 1.807) is 0 Å². The molecule has 2 saturated heterocycles. The van der Waals surface area contributed by atoms with Crippen LogP contribution in [0.5, 0.6) is 11.5 Å². The summed E-state index contributed by atoms with van der Waals surface area (Å²) in [6.07, 6.45) is 0.302. The van der Waals surface area contributed by atoms with Crippen molar-refractivity contribution >= 4 is 20.2 Å². The van der Waals surface area contributed by atoms with Gasteiger partial charge in [0.05, 0.1) is 39.6 Å². The average molecular weight is 935 g/mol. The first-order valence-electron chi connectivity index (χ1n) is 23.2. The van der Waals surface area contributed by atoms with Crippen LogP contribution in [0.15, 0.2) is 82.6 Å². The van der Waals surface area contributed by atoms with Gasteiger partial charge in [-0.1, -0.05) is 107 Å². The Balaban J connectivity index is 1.12. The molecule has 0 spiro atoms. The summed E-state index contributed by atoms with van der Waals surface area (Å²) in [6.45, 7) is 25.6. The van der Waals surface area contributed by atoms with Crippen LogP contribution in [0, 0.1) is 0 Å². The van der Waals surface area contributed by atoms with Crippen LogP contribution >= 0.6 is 0 Å². The SMILES string of the molecule is CC(C)c1cc(C(C)C)c(S(=O)(=O)OCCC2(c3ccc(Oc4ccc(C5(CCOS(=O)(=O)c6c(C(C)C)cc(C(C)C)cc6C(C)C)OCCO5)cc4)cc3)OCCO2)c(C(C)C)c1. The average Bonchev–Trinajstić information content (AvgIpc) is 3.94. The van der Waals surface area contributed by atoms with Crippen LogP contribution in [0.25, 0.3) is 0 Å². The maximum Gasteiger partial charge on any atom is 0.297 e. The molecular weight excluding hydrogens is 865 g/mol. The highest BCUT2D eigenvalue weighted by Crippen LogP contribution is 2.41. The van der Waals surface area contributed by atoms with E-state index in [4.69, 9.17) is 32.1 Å². The maximum atomic E-state index is 14.0. The van der Waals surface area contributed by atoms with E-state index in [-0.39, 0.29) is 71.4 Å². The number of rotatable bonds is 20. The van der Waals surface area contributed by atoms with Crippen LogP contribution in [0.2, 0.25) is 0 Å². The van der Waals surface area contributed by atoms with Crippen LogP contribution < -0.4 is 4.74 Å². The lowest BCUT2D eigenvalue weighted by Gasteiger charge is -2.28. The van der Waals surface area contributed by atoms with Gasteiger partial charge in [-0.2, -0.15) is 16.8 Å². The number of ether oxygens (including phenoxy) is 5. The van der Waals surface area contributed by atoms with Gasteiger partial charge < -0.3 is 23.7 Å². The number of hydrogen-bond donors (Lipinski definition) is 0. The van der Waals surface area contributed by atoms with Crippen LogP contribution in [-0.2, 0) is 59.1 Å². The van der Waals surface area contributed by atoms with Crippen molar-refractivity contribution < 1.29 is 48.9 Å². The Hall–Kier alpha value is -3.66. The second-order valence-electron chi connectivity index (χ2n) is 19.1. The Morgan fingerprint density at radius 3 is 0.969 bits per heavy atom. The molecule has 0 radical (unpaired) electrons. The van der Waals surface area contributed by atoms with E-state index in [1.807, 2.05) is 128 Å². The van der Waals surface area contributed by atoms with Crippen molar-refractivity contribution in [1.82, 2.24) is 0 Å². The Bertz CT molecular complexity index is 2230. The van der Waals surface area contributed by atoms with Gasteiger partial charge in [0.15, 0.2) is 11.6 Å². The van der Waals surface area contributed by atoms with Crippen molar-refractivity contribution in [2.75, 3.05) is 39.6 Å². The minimum Gasteiger partial charge on any atom is -0.457 e. The Kier molecular flexibility index (Phi) is 16.2. The number of benzene rings is 4. The fraction of sp³-hybridized carbons (Fsp3) is 0.538. The Labute approximate surface area is 388 Å². The van der Waals surface area contributed by atoms with Gasteiger partial charge in [-0.25, -0.2) is 0 Å². The molecule has 0 amide bonds. The van der Waals surface area contributed by atoms with E-state index in [2.05, 4.69) is 27.7 Å². The van der Waals surface area contributed by atoms with Gasteiger partial charge in [-0.15, -0.1) is 0 Å². The van der Waals surface area contributed by atoms with Crippen molar-refractivity contribution in [2.24, 2.45) is 0 Å². The molecule has 0 aliphatic carbocycles. The molecular formula is C52H70O11S2. The molecule has 13 heteroatoms. The lowest BCUT2D eigenvalue weighted by molar-refractivity contribution is -0.174. The maximum absolute atomic E-state index is 14.0.